The monoisotopic (exact) mass is 435 g/mol. The van der Waals surface area contributed by atoms with Crippen LogP contribution < -0.4 is 5.32 Å². The number of hydrogen-bond acceptors (Lipinski definition) is 4. The number of aromatic nitrogens is 2. The second-order valence-corrected chi connectivity index (χ2v) is 6.52. The van der Waals surface area contributed by atoms with Gasteiger partial charge in [0.15, 0.2) is 5.69 Å². The zero-order chi connectivity index (χ0) is 22.8. The van der Waals surface area contributed by atoms with E-state index in [1.165, 1.54) is 49.4 Å². The van der Waals surface area contributed by atoms with Gasteiger partial charge in [-0.2, -0.15) is 18.3 Å². The Kier molecular flexibility index (Phi) is 6.09. The van der Waals surface area contributed by atoms with Crippen LogP contribution in [0.3, 0.4) is 0 Å². The fraction of sp³-hybridized carbons (Fsp3) is 0.190. The molecule has 10 heteroatoms. The molecule has 1 heterocycles. The molecule has 0 bridgehead atoms. The number of nitrogens with zero attached hydrogens (tertiary/aromatic N) is 2. The number of carbonyl (C=O) groups is 2. The number of hydrogen-bond donors (Lipinski definition) is 1. The van der Waals surface area contributed by atoms with Crippen molar-refractivity contribution < 1.29 is 31.9 Å². The van der Waals surface area contributed by atoms with E-state index in [1.807, 2.05) is 0 Å². The molecule has 31 heavy (non-hydrogen) atoms. The number of amides is 1. The summed E-state index contributed by atoms with van der Waals surface area (Å²) >= 11 is 0. The zero-order valence-corrected chi connectivity index (χ0v) is 16.5. The van der Waals surface area contributed by atoms with Crippen LogP contribution in [0.2, 0.25) is 0 Å². The molecule has 3 rings (SSSR count). The molecule has 3 aromatic rings. The number of aryl methyl sites for hydroxylation is 1. The van der Waals surface area contributed by atoms with Crippen LogP contribution in [0.25, 0.3) is 5.69 Å². The fourth-order valence-electron chi connectivity index (χ4n) is 2.87. The first-order valence-corrected chi connectivity index (χ1v) is 9.12. The highest BCUT2D eigenvalue weighted by atomic mass is 19.4. The van der Waals surface area contributed by atoms with Gasteiger partial charge in [0, 0.05) is 5.69 Å². The van der Waals surface area contributed by atoms with Crippen molar-refractivity contribution >= 4 is 17.6 Å². The molecule has 0 fully saturated rings. The zero-order valence-electron chi connectivity index (χ0n) is 16.5. The van der Waals surface area contributed by atoms with Gasteiger partial charge >= 0.3 is 12.1 Å². The number of ether oxygens (including phenoxy) is 1. The Bertz CT molecular complexity index is 1120. The number of anilines is 1. The lowest BCUT2D eigenvalue weighted by atomic mass is 10.1. The van der Waals surface area contributed by atoms with Gasteiger partial charge in [-0.3, -0.25) is 4.79 Å². The molecular formula is C21H17F4N3O3. The quantitative estimate of drug-likeness (QED) is 0.463. The van der Waals surface area contributed by atoms with Crippen molar-refractivity contribution in [3.05, 3.63) is 76.9 Å². The van der Waals surface area contributed by atoms with Gasteiger partial charge in [-0.1, -0.05) is 11.6 Å². The molecule has 0 aliphatic rings. The highest BCUT2D eigenvalue weighted by Gasteiger charge is 2.41. The van der Waals surface area contributed by atoms with Crippen molar-refractivity contribution in [3.8, 4) is 5.69 Å². The molecule has 0 unspecified atom stereocenters. The Balaban J connectivity index is 1.89. The van der Waals surface area contributed by atoms with E-state index in [9.17, 15) is 27.2 Å². The molecule has 0 aliphatic carbocycles. The molecule has 1 N–H and O–H groups in total. The van der Waals surface area contributed by atoms with Crippen LogP contribution in [0, 0.1) is 12.7 Å². The molecule has 1 aromatic heterocycles. The van der Waals surface area contributed by atoms with E-state index in [0.717, 1.165) is 6.20 Å². The summed E-state index contributed by atoms with van der Waals surface area (Å²) in [6, 6.07) is 9.31. The van der Waals surface area contributed by atoms with Crippen LogP contribution >= 0.6 is 0 Å². The smallest absolute Gasteiger partial charge is 0.434 e. The molecule has 6 nitrogen and oxygen atoms in total. The topological polar surface area (TPSA) is 73.2 Å². The van der Waals surface area contributed by atoms with Gasteiger partial charge in [-0.05, 0) is 50.2 Å². The molecule has 0 saturated heterocycles. The first-order chi connectivity index (χ1) is 14.6. The molecule has 0 spiro atoms. The average Bonchev–Trinajstić information content (AvgIpc) is 3.16. The maximum absolute atomic E-state index is 13.9. The van der Waals surface area contributed by atoms with Gasteiger partial charge in [0.2, 0.25) is 0 Å². The standard InChI is InChI=1S/C21H17F4N3O3/c1-3-31-20(30)16-11-26-28(18(16)21(23,24)25)14-7-5-13(6-8-14)27-19(29)15-10-12(2)4-9-17(15)22/h4-11H,3H2,1-2H3,(H,27,29). The van der Waals surface area contributed by atoms with E-state index < -0.39 is 35.1 Å². The molecule has 2 aromatic carbocycles. The van der Waals surface area contributed by atoms with Gasteiger partial charge in [-0.15, -0.1) is 0 Å². The third-order valence-electron chi connectivity index (χ3n) is 4.27. The van der Waals surface area contributed by atoms with E-state index in [0.29, 0.717) is 10.2 Å². The predicted octanol–water partition coefficient (Wildman–Crippen LogP) is 4.77. The number of nitrogens with one attached hydrogen (secondary N) is 1. The van der Waals surface area contributed by atoms with Crippen molar-refractivity contribution in [1.82, 2.24) is 9.78 Å². The summed E-state index contributed by atoms with van der Waals surface area (Å²) < 4.78 is 59.8. The van der Waals surface area contributed by atoms with Crippen LogP contribution in [0.15, 0.2) is 48.7 Å². The van der Waals surface area contributed by atoms with Crippen LogP contribution in [0.1, 0.15) is 38.9 Å². The van der Waals surface area contributed by atoms with E-state index in [-0.39, 0.29) is 23.5 Å². The summed E-state index contributed by atoms with van der Waals surface area (Å²) in [6.07, 6.45) is -4.08. The molecule has 162 valence electrons. The lowest BCUT2D eigenvalue weighted by Gasteiger charge is -2.13. The van der Waals surface area contributed by atoms with Crippen molar-refractivity contribution in [1.29, 1.82) is 0 Å². The Morgan fingerprint density at radius 1 is 1.10 bits per heavy atom. The average molecular weight is 435 g/mol. The number of rotatable bonds is 5. The van der Waals surface area contributed by atoms with E-state index in [2.05, 4.69) is 15.2 Å². The summed E-state index contributed by atoms with van der Waals surface area (Å²) in [5.74, 6) is -2.53. The Morgan fingerprint density at radius 2 is 1.77 bits per heavy atom. The van der Waals surface area contributed by atoms with E-state index in [4.69, 9.17) is 0 Å². The summed E-state index contributed by atoms with van der Waals surface area (Å²) in [5, 5.41) is 6.16. The molecule has 0 atom stereocenters. The third kappa shape index (κ3) is 4.73. The number of carbonyl (C=O) groups excluding carboxylic acids is 2. The number of alkyl halides is 3. The van der Waals surface area contributed by atoms with Crippen LogP contribution in [0.5, 0.6) is 0 Å². The summed E-state index contributed by atoms with van der Waals surface area (Å²) in [7, 11) is 0. The fourth-order valence-corrected chi connectivity index (χ4v) is 2.87. The van der Waals surface area contributed by atoms with Gasteiger partial charge in [0.1, 0.15) is 11.4 Å². The summed E-state index contributed by atoms with van der Waals surface area (Å²) in [5.41, 5.74) is -1.21. The Labute approximate surface area is 174 Å². The normalized spacial score (nSPS) is 11.3. The van der Waals surface area contributed by atoms with Crippen molar-refractivity contribution in [3.63, 3.8) is 0 Å². The van der Waals surface area contributed by atoms with Gasteiger partial charge in [-0.25, -0.2) is 13.9 Å². The Morgan fingerprint density at radius 3 is 2.39 bits per heavy atom. The maximum atomic E-state index is 13.9. The maximum Gasteiger partial charge on any atom is 0.434 e. The highest BCUT2D eigenvalue weighted by molar-refractivity contribution is 6.04. The number of halogens is 4. The second-order valence-electron chi connectivity index (χ2n) is 6.52. The SMILES string of the molecule is CCOC(=O)c1cnn(-c2ccc(NC(=O)c3cc(C)ccc3F)cc2)c1C(F)(F)F. The van der Waals surface area contributed by atoms with Crippen LogP contribution in [-0.2, 0) is 10.9 Å². The lowest BCUT2D eigenvalue weighted by Crippen LogP contribution is -2.18. The predicted molar refractivity (Wildman–Crippen MR) is 104 cm³/mol. The number of benzene rings is 2. The largest absolute Gasteiger partial charge is 0.462 e. The minimum atomic E-state index is -4.87. The first kappa shape index (κ1) is 22.0. The molecule has 0 radical (unpaired) electrons. The summed E-state index contributed by atoms with van der Waals surface area (Å²) in [4.78, 5) is 24.2. The van der Waals surface area contributed by atoms with Gasteiger partial charge in [0.05, 0.1) is 24.1 Å². The van der Waals surface area contributed by atoms with Crippen molar-refractivity contribution in [2.75, 3.05) is 11.9 Å². The first-order valence-electron chi connectivity index (χ1n) is 9.12. The van der Waals surface area contributed by atoms with E-state index in [1.54, 1.807) is 6.92 Å². The molecule has 1 amide bonds. The highest BCUT2D eigenvalue weighted by Crippen LogP contribution is 2.34. The summed E-state index contributed by atoms with van der Waals surface area (Å²) in [6.45, 7) is 3.10. The molecule has 0 saturated carbocycles. The third-order valence-corrected chi connectivity index (χ3v) is 4.27. The molecule has 0 aliphatic heterocycles. The Hall–Kier alpha value is -3.69. The van der Waals surface area contributed by atoms with Gasteiger partial charge in [0.25, 0.3) is 5.91 Å². The van der Waals surface area contributed by atoms with Crippen molar-refractivity contribution in [2.45, 2.75) is 20.0 Å². The lowest BCUT2D eigenvalue weighted by molar-refractivity contribution is -0.143. The van der Waals surface area contributed by atoms with Crippen molar-refractivity contribution in [2.24, 2.45) is 0 Å². The van der Waals surface area contributed by atoms with E-state index >= 15 is 0 Å². The van der Waals surface area contributed by atoms with Crippen LogP contribution in [0.4, 0.5) is 23.2 Å². The van der Waals surface area contributed by atoms with Crippen LogP contribution in [-0.4, -0.2) is 28.3 Å². The second kappa shape index (κ2) is 8.58. The minimum Gasteiger partial charge on any atom is -0.462 e. The number of esters is 1. The molecular weight excluding hydrogens is 418 g/mol. The minimum absolute atomic E-state index is 0.00242. The van der Waals surface area contributed by atoms with Gasteiger partial charge < -0.3 is 10.1 Å².